The third-order valence-electron chi connectivity index (χ3n) is 1.89. The van der Waals surface area contributed by atoms with Gasteiger partial charge in [-0.15, -0.1) is 0 Å². The summed E-state index contributed by atoms with van der Waals surface area (Å²) in [7, 11) is 0. The number of rotatable bonds is 1. The monoisotopic (exact) mass is 185 g/mol. The summed E-state index contributed by atoms with van der Waals surface area (Å²) in [6.45, 7) is 0. The van der Waals surface area contributed by atoms with Crippen molar-refractivity contribution in [1.82, 2.24) is 4.98 Å². The molecule has 3 N–H and O–H groups in total. The van der Waals surface area contributed by atoms with Crippen LogP contribution >= 0.6 is 0 Å². The predicted octanol–water partition coefficient (Wildman–Crippen LogP) is 1.84. The molecule has 0 saturated carbocycles. The number of hydrogen-bond acceptors (Lipinski definition) is 3. The van der Waals surface area contributed by atoms with E-state index in [1.807, 2.05) is 0 Å². The molecular weight excluding hydrogens is 176 g/mol. The van der Waals surface area contributed by atoms with E-state index in [0.29, 0.717) is 17.1 Å². The first-order chi connectivity index (χ1) is 6.77. The fraction of sp³-hybridized carbons (Fsp3) is 0. The molecule has 1 aromatic heterocycles. The first kappa shape index (κ1) is 8.56. The Bertz CT molecular complexity index is 455. The van der Waals surface area contributed by atoms with Crippen molar-refractivity contribution in [3.63, 3.8) is 0 Å². The molecule has 0 aliphatic carbocycles. The van der Waals surface area contributed by atoms with E-state index in [1.165, 1.54) is 0 Å². The molecule has 1 aromatic carbocycles. The van der Waals surface area contributed by atoms with Crippen LogP contribution < -0.4 is 5.73 Å². The molecule has 0 aliphatic heterocycles. The Balaban J connectivity index is 2.55. The second-order valence-corrected chi connectivity index (χ2v) is 2.89. The van der Waals surface area contributed by atoms with Crippen LogP contribution in [0.4, 0.5) is 5.82 Å². The van der Waals surface area contributed by atoms with Gasteiger partial charge in [0.1, 0.15) is 11.6 Å². The molecule has 1 heterocycles. The maximum absolute atomic E-state index is 9.55. The van der Waals surface area contributed by atoms with Crippen LogP contribution in [0.3, 0.4) is 0 Å². The van der Waals surface area contributed by atoms with Gasteiger partial charge in [-0.1, -0.05) is 12.1 Å². The quantitative estimate of drug-likeness (QED) is 0.712. The lowest BCUT2D eigenvalue weighted by atomic mass is 10.1. The van der Waals surface area contributed by atoms with E-state index >= 15 is 0 Å². The smallest absolute Gasteiger partial charge is 0.125 e. The van der Waals surface area contributed by atoms with Gasteiger partial charge in [0.05, 0.1) is 5.69 Å². The van der Waals surface area contributed by atoms with Gasteiger partial charge < -0.3 is 10.8 Å². The summed E-state index contributed by atoms with van der Waals surface area (Å²) in [6.07, 6.45) is 0. The van der Waals surface area contributed by atoms with Crippen molar-refractivity contribution < 1.29 is 5.11 Å². The summed E-state index contributed by atoms with van der Waals surface area (Å²) in [5.41, 5.74) is 6.83. The van der Waals surface area contributed by atoms with Crippen molar-refractivity contribution >= 4 is 5.82 Å². The summed E-state index contributed by atoms with van der Waals surface area (Å²) >= 11 is 0. The number of aromatic nitrogens is 1. The lowest BCUT2D eigenvalue weighted by molar-refractivity contribution is 0.477. The Morgan fingerprint density at radius 2 is 2.14 bits per heavy atom. The van der Waals surface area contributed by atoms with Crippen LogP contribution in [0.25, 0.3) is 11.3 Å². The molecule has 2 rings (SSSR count). The van der Waals surface area contributed by atoms with Gasteiger partial charge in [0.25, 0.3) is 0 Å². The Hall–Kier alpha value is -2.03. The Labute approximate surface area is 81.8 Å². The fourth-order valence-corrected chi connectivity index (χ4v) is 1.23. The second kappa shape index (κ2) is 3.38. The number of phenolic OH excluding ortho intramolecular Hbond substituents is 1. The first-order valence-corrected chi connectivity index (χ1v) is 4.19. The van der Waals surface area contributed by atoms with Gasteiger partial charge in [0.15, 0.2) is 0 Å². The van der Waals surface area contributed by atoms with Crippen molar-refractivity contribution in [3.05, 3.63) is 42.5 Å². The van der Waals surface area contributed by atoms with Crippen LogP contribution in [0.1, 0.15) is 0 Å². The molecular formula is C11H9N2O. The second-order valence-electron chi connectivity index (χ2n) is 2.89. The van der Waals surface area contributed by atoms with Crippen LogP contribution in [-0.2, 0) is 0 Å². The molecule has 0 fully saturated rings. The van der Waals surface area contributed by atoms with Crippen LogP contribution in [0, 0.1) is 6.07 Å². The minimum atomic E-state index is 0.182. The average Bonchev–Trinajstić information content (AvgIpc) is 2.18. The van der Waals surface area contributed by atoms with E-state index < -0.39 is 0 Å². The molecule has 2 aromatic rings. The molecule has 0 bridgehead atoms. The van der Waals surface area contributed by atoms with E-state index in [-0.39, 0.29) is 5.75 Å². The molecule has 14 heavy (non-hydrogen) atoms. The average molecular weight is 185 g/mol. The van der Waals surface area contributed by atoms with E-state index in [4.69, 9.17) is 5.73 Å². The highest BCUT2D eigenvalue weighted by molar-refractivity contribution is 5.67. The zero-order chi connectivity index (χ0) is 9.97. The lowest BCUT2D eigenvalue weighted by Gasteiger charge is -2.03. The Kier molecular flexibility index (Phi) is 2.07. The molecule has 0 saturated heterocycles. The van der Waals surface area contributed by atoms with Crippen LogP contribution in [0.2, 0.25) is 0 Å². The number of benzene rings is 1. The number of aromatic hydroxyl groups is 1. The van der Waals surface area contributed by atoms with Crippen LogP contribution in [0.5, 0.6) is 5.75 Å². The minimum Gasteiger partial charge on any atom is -0.507 e. The van der Waals surface area contributed by atoms with Crippen LogP contribution in [-0.4, -0.2) is 10.1 Å². The third-order valence-corrected chi connectivity index (χ3v) is 1.89. The lowest BCUT2D eigenvalue weighted by Crippen LogP contribution is -1.91. The van der Waals surface area contributed by atoms with Gasteiger partial charge in [-0.3, -0.25) is 0 Å². The molecule has 0 unspecified atom stereocenters. The van der Waals surface area contributed by atoms with E-state index in [0.717, 1.165) is 0 Å². The molecule has 0 amide bonds. The Morgan fingerprint density at radius 3 is 2.86 bits per heavy atom. The van der Waals surface area contributed by atoms with Gasteiger partial charge >= 0.3 is 0 Å². The summed E-state index contributed by atoms with van der Waals surface area (Å²) in [4.78, 5) is 4.10. The molecule has 69 valence electrons. The number of pyridine rings is 1. The van der Waals surface area contributed by atoms with Gasteiger partial charge in [-0.2, -0.15) is 0 Å². The highest BCUT2D eigenvalue weighted by Crippen LogP contribution is 2.26. The third kappa shape index (κ3) is 1.52. The maximum Gasteiger partial charge on any atom is 0.125 e. The van der Waals surface area contributed by atoms with Gasteiger partial charge in [-0.05, 0) is 30.3 Å². The number of nitrogens with zero attached hydrogens (tertiary/aromatic N) is 1. The van der Waals surface area contributed by atoms with Crippen molar-refractivity contribution in [2.24, 2.45) is 0 Å². The molecule has 0 spiro atoms. The SMILES string of the molecule is Nc1cccc(-c2c[c]ccc2O)n1. The highest BCUT2D eigenvalue weighted by Gasteiger charge is 2.03. The first-order valence-electron chi connectivity index (χ1n) is 4.19. The summed E-state index contributed by atoms with van der Waals surface area (Å²) < 4.78 is 0. The number of nitrogens with two attached hydrogens (primary N) is 1. The van der Waals surface area contributed by atoms with Gasteiger partial charge in [0.2, 0.25) is 0 Å². The molecule has 3 nitrogen and oxygen atoms in total. The van der Waals surface area contributed by atoms with Crippen molar-refractivity contribution in [3.8, 4) is 17.0 Å². The number of hydrogen-bond donors (Lipinski definition) is 2. The predicted molar refractivity (Wildman–Crippen MR) is 54.6 cm³/mol. The largest absolute Gasteiger partial charge is 0.507 e. The highest BCUT2D eigenvalue weighted by atomic mass is 16.3. The minimum absolute atomic E-state index is 0.182. The Morgan fingerprint density at radius 1 is 1.29 bits per heavy atom. The number of nitrogen functional groups attached to an aromatic ring is 1. The van der Waals surface area contributed by atoms with Crippen molar-refractivity contribution in [2.75, 3.05) is 5.73 Å². The van der Waals surface area contributed by atoms with Crippen molar-refractivity contribution in [1.29, 1.82) is 0 Å². The van der Waals surface area contributed by atoms with Gasteiger partial charge in [-0.25, -0.2) is 4.98 Å². The normalized spacial score (nSPS) is 10.0. The van der Waals surface area contributed by atoms with Gasteiger partial charge in [0, 0.05) is 5.56 Å². The molecule has 0 aliphatic rings. The zero-order valence-electron chi connectivity index (χ0n) is 7.44. The molecule has 1 radical (unpaired) electrons. The van der Waals surface area contributed by atoms with E-state index in [2.05, 4.69) is 11.1 Å². The number of anilines is 1. The maximum atomic E-state index is 9.55. The van der Waals surface area contributed by atoms with E-state index in [1.54, 1.807) is 36.4 Å². The van der Waals surface area contributed by atoms with Crippen LogP contribution in [0.15, 0.2) is 36.4 Å². The number of phenols is 1. The summed E-state index contributed by atoms with van der Waals surface area (Å²) in [5, 5.41) is 9.55. The molecule has 3 heteroatoms. The molecule has 0 atom stereocenters. The fourth-order valence-electron chi connectivity index (χ4n) is 1.23. The zero-order valence-corrected chi connectivity index (χ0v) is 7.44. The van der Waals surface area contributed by atoms with E-state index in [9.17, 15) is 5.11 Å². The standard InChI is InChI=1S/C11H9N2O/c12-11-7-3-5-9(13-11)8-4-1-2-6-10(8)14/h2-7,14H,(H2,12,13). The summed E-state index contributed by atoms with van der Waals surface area (Å²) in [5.74, 6) is 0.618. The summed E-state index contributed by atoms with van der Waals surface area (Å²) in [6, 6.07) is 13.1. The van der Waals surface area contributed by atoms with Crippen molar-refractivity contribution in [2.45, 2.75) is 0 Å². The topological polar surface area (TPSA) is 59.1 Å².